The zero-order valence-electron chi connectivity index (χ0n) is 21.1. The molecule has 0 spiro atoms. The quantitative estimate of drug-likeness (QED) is 0.0987. The van der Waals surface area contributed by atoms with Crippen LogP contribution in [0.25, 0.3) is 0 Å². The number of thioether (sulfide) groups is 1. The van der Waals surface area contributed by atoms with Gasteiger partial charge in [0.25, 0.3) is 0 Å². The summed E-state index contributed by atoms with van der Waals surface area (Å²) in [5, 5.41) is 2.63. The Morgan fingerprint density at radius 3 is 1.82 bits per heavy atom. The molecule has 0 radical (unpaired) electrons. The third-order valence-electron chi connectivity index (χ3n) is 5.45. The molecular weight excluding hydrogens is 461 g/mol. The summed E-state index contributed by atoms with van der Waals surface area (Å²) in [6, 6.07) is 0. The molecule has 0 aliphatic heterocycles. The maximum absolute atomic E-state index is 10.9. The number of amides is 1. The molecule has 7 nitrogen and oxygen atoms in total. The van der Waals surface area contributed by atoms with E-state index >= 15 is 0 Å². The number of carbonyl (C=O) groups excluding carboxylic acids is 1. The van der Waals surface area contributed by atoms with Crippen LogP contribution in [-0.4, -0.2) is 53.1 Å². The Morgan fingerprint density at radius 1 is 0.879 bits per heavy atom. The second-order valence-corrected chi connectivity index (χ2v) is 11.2. The Labute approximate surface area is 206 Å². The van der Waals surface area contributed by atoms with Gasteiger partial charge in [0, 0.05) is 19.2 Å². The van der Waals surface area contributed by atoms with Crippen molar-refractivity contribution in [2.75, 3.05) is 31.3 Å². The molecule has 0 saturated heterocycles. The van der Waals surface area contributed by atoms with Crippen molar-refractivity contribution in [3.05, 3.63) is 0 Å². The minimum atomic E-state index is -4.51. The molecule has 3 N–H and O–H groups in total. The molecule has 1 unspecified atom stereocenters. The molecule has 0 aromatic heterocycles. The zero-order valence-corrected chi connectivity index (χ0v) is 22.8. The topological polar surface area (TPSA) is 105 Å². The van der Waals surface area contributed by atoms with Crippen LogP contribution < -0.4 is 5.32 Å². The number of unbranched alkanes of at least 4 members (excludes halogenated alkanes) is 14. The van der Waals surface area contributed by atoms with Crippen LogP contribution in [0.1, 0.15) is 110 Å². The highest BCUT2D eigenvalue weighted by molar-refractivity contribution is 7.99. The lowest BCUT2D eigenvalue weighted by molar-refractivity contribution is -0.119. The third-order valence-corrected chi connectivity index (χ3v) is 7.12. The average molecular weight is 512 g/mol. The molecule has 0 aromatic carbocycles. The van der Waals surface area contributed by atoms with E-state index < -0.39 is 13.9 Å². The number of carbonyl (C=O) groups is 1. The van der Waals surface area contributed by atoms with E-state index in [0.29, 0.717) is 12.3 Å². The second-order valence-electron chi connectivity index (χ2n) is 8.79. The fourth-order valence-electron chi connectivity index (χ4n) is 3.57. The van der Waals surface area contributed by atoms with Gasteiger partial charge in [0.2, 0.25) is 5.91 Å². The molecule has 0 fully saturated rings. The van der Waals surface area contributed by atoms with Gasteiger partial charge < -0.3 is 19.8 Å². The minimum Gasteiger partial charge on any atom is -0.373 e. The van der Waals surface area contributed by atoms with Crippen molar-refractivity contribution in [3.63, 3.8) is 0 Å². The van der Waals surface area contributed by atoms with Crippen LogP contribution in [0.4, 0.5) is 0 Å². The van der Waals surface area contributed by atoms with E-state index in [4.69, 9.17) is 14.5 Å². The van der Waals surface area contributed by atoms with Gasteiger partial charge in [-0.1, -0.05) is 96.8 Å². The largest absolute Gasteiger partial charge is 0.469 e. The predicted molar refractivity (Wildman–Crippen MR) is 139 cm³/mol. The number of phosphoric acid groups is 1. The Balaban J connectivity index is 3.57. The SMILES string of the molecule is CCCCCCCCCCCCCCCCCSCC(COP(=O)(O)O)OCCNC(C)=O. The number of nitrogens with one attached hydrogen (secondary N) is 1. The van der Waals surface area contributed by atoms with E-state index in [2.05, 4.69) is 16.8 Å². The fourth-order valence-corrected chi connectivity index (χ4v) is 4.96. The van der Waals surface area contributed by atoms with Gasteiger partial charge in [-0.2, -0.15) is 11.8 Å². The van der Waals surface area contributed by atoms with Gasteiger partial charge in [-0.05, 0) is 12.2 Å². The van der Waals surface area contributed by atoms with Crippen molar-refractivity contribution >= 4 is 25.5 Å². The molecule has 33 heavy (non-hydrogen) atoms. The van der Waals surface area contributed by atoms with Crippen molar-refractivity contribution in [1.82, 2.24) is 5.32 Å². The van der Waals surface area contributed by atoms with Crippen molar-refractivity contribution in [3.8, 4) is 0 Å². The standard InChI is InChI=1S/C24H50NO6PS/c1-3-4-5-6-7-8-9-10-11-12-13-14-15-16-17-20-33-22-24(21-31-32(27,28)29)30-19-18-25-23(2)26/h24H,3-22H2,1-2H3,(H,25,26)(H2,27,28,29). The molecule has 0 aliphatic rings. The van der Waals surface area contributed by atoms with Gasteiger partial charge in [-0.3, -0.25) is 9.32 Å². The maximum Gasteiger partial charge on any atom is 0.469 e. The molecule has 1 amide bonds. The number of hydrogen-bond donors (Lipinski definition) is 3. The van der Waals surface area contributed by atoms with Gasteiger partial charge in [-0.15, -0.1) is 0 Å². The summed E-state index contributed by atoms with van der Waals surface area (Å²) < 4.78 is 21.1. The normalized spacial score (nSPS) is 12.7. The minimum absolute atomic E-state index is 0.135. The van der Waals surface area contributed by atoms with Gasteiger partial charge >= 0.3 is 7.82 Å². The van der Waals surface area contributed by atoms with Crippen LogP contribution in [-0.2, 0) is 18.6 Å². The smallest absolute Gasteiger partial charge is 0.373 e. The summed E-state index contributed by atoms with van der Waals surface area (Å²) in [5.41, 5.74) is 0. The first kappa shape index (κ1) is 32.9. The van der Waals surface area contributed by atoms with Crippen LogP contribution >= 0.6 is 19.6 Å². The van der Waals surface area contributed by atoms with Crippen LogP contribution in [0.15, 0.2) is 0 Å². The summed E-state index contributed by atoms with van der Waals surface area (Å²) in [6.45, 7) is 4.19. The average Bonchev–Trinajstić information content (AvgIpc) is 2.75. The predicted octanol–water partition coefficient (Wildman–Crippen LogP) is 6.22. The Hall–Kier alpha value is -0.110. The molecule has 198 valence electrons. The monoisotopic (exact) mass is 511 g/mol. The first-order valence-electron chi connectivity index (χ1n) is 13.0. The van der Waals surface area contributed by atoms with Gasteiger partial charge in [-0.25, -0.2) is 4.57 Å². The number of phosphoric ester groups is 1. The lowest BCUT2D eigenvalue weighted by Gasteiger charge is -2.18. The molecular formula is C24H50NO6PS. The van der Waals surface area contributed by atoms with Crippen molar-refractivity contribution in [1.29, 1.82) is 0 Å². The molecule has 0 aliphatic carbocycles. The van der Waals surface area contributed by atoms with E-state index in [0.717, 1.165) is 12.2 Å². The second kappa shape index (κ2) is 23.6. The summed E-state index contributed by atoms with van der Waals surface area (Å²) in [4.78, 5) is 28.7. The Bertz CT molecular complexity index is 492. The lowest BCUT2D eigenvalue weighted by atomic mass is 10.0. The maximum atomic E-state index is 10.9. The number of rotatable bonds is 25. The molecule has 0 saturated carbocycles. The summed E-state index contributed by atoms with van der Waals surface area (Å²) in [6.07, 6.45) is 19.8. The van der Waals surface area contributed by atoms with Crippen LogP contribution in [0.5, 0.6) is 0 Å². The van der Waals surface area contributed by atoms with Crippen LogP contribution in [0, 0.1) is 0 Å². The third kappa shape index (κ3) is 28.0. The van der Waals surface area contributed by atoms with E-state index in [1.54, 1.807) is 11.8 Å². The molecule has 0 bridgehead atoms. The summed E-state index contributed by atoms with van der Waals surface area (Å²) in [5.74, 6) is 1.47. The molecule has 0 rings (SSSR count). The highest BCUT2D eigenvalue weighted by Crippen LogP contribution is 2.36. The first-order chi connectivity index (χ1) is 15.8. The van der Waals surface area contributed by atoms with Crippen molar-refractivity contribution in [2.24, 2.45) is 0 Å². The van der Waals surface area contributed by atoms with Crippen LogP contribution in [0.3, 0.4) is 0 Å². The molecule has 1 atom stereocenters. The van der Waals surface area contributed by atoms with Gasteiger partial charge in [0.1, 0.15) is 0 Å². The number of ether oxygens (including phenoxy) is 1. The van der Waals surface area contributed by atoms with Crippen molar-refractivity contribution in [2.45, 2.75) is 116 Å². The molecule has 9 heteroatoms. The zero-order chi connectivity index (χ0) is 24.6. The highest BCUT2D eigenvalue weighted by atomic mass is 32.2. The Morgan fingerprint density at radius 2 is 1.36 bits per heavy atom. The lowest BCUT2D eigenvalue weighted by Crippen LogP contribution is -2.29. The first-order valence-corrected chi connectivity index (χ1v) is 15.7. The highest BCUT2D eigenvalue weighted by Gasteiger charge is 2.18. The molecule has 0 heterocycles. The summed E-state index contributed by atoms with van der Waals surface area (Å²) in [7, 11) is -4.51. The van der Waals surface area contributed by atoms with Gasteiger partial charge in [0.05, 0.1) is 19.3 Å². The van der Waals surface area contributed by atoms with Crippen molar-refractivity contribution < 1.29 is 28.4 Å². The van der Waals surface area contributed by atoms with E-state index in [-0.39, 0.29) is 19.1 Å². The summed E-state index contributed by atoms with van der Waals surface area (Å²) >= 11 is 1.72. The van der Waals surface area contributed by atoms with E-state index in [1.165, 1.54) is 96.8 Å². The van der Waals surface area contributed by atoms with E-state index in [9.17, 15) is 9.36 Å². The molecule has 0 aromatic rings. The number of hydrogen-bond acceptors (Lipinski definition) is 5. The van der Waals surface area contributed by atoms with Gasteiger partial charge in [0.15, 0.2) is 0 Å². The van der Waals surface area contributed by atoms with Crippen LogP contribution in [0.2, 0.25) is 0 Å². The van der Waals surface area contributed by atoms with E-state index in [1.807, 2.05) is 0 Å². The Kier molecular flexibility index (Phi) is 23.5. The fraction of sp³-hybridized carbons (Fsp3) is 0.958.